The molecule has 80 valence electrons. The van der Waals surface area contributed by atoms with E-state index in [9.17, 15) is 0 Å². The van der Waals surface area contributed by atoms with Crippen molar-refractivity contribution in [2.45, 2.75) is 6.54 Å². The third kappa shape index (κ3) is 3.86. The minimum absolute atomic E-state index is 0.180. The quantitative estimate of drug-likeness (QED) is 0.396. The normalized spacial score (nSPS) is 9.40. The summed E-state index contributed by atoms with van der Waals surface area (Å²) in [5, 5.41) is 7.42. The summed E-state index contributed by atoms with van der Waals surface area (Å²) < 4.78 is 1.13. The standard InChI is InChI=1S/C9H12ClN5/c10-15(9(13)14-8(11)12)6-7-4-2-1-3-5-7/h1-5H,6H2,(H5,11,12,13,14). The number of nitrogens with zero attached hydrogens (tertiary/aromatic N) is 2. The van der Waals surface area contributed by atoms with Crippen LogP contribution in [0, 0.1) is 5.41 Å². The number of hydrogen-bond acceptors (Lipinski definition) is 1. The van der Waals surface area contributed by atoms with E-state index in [1.165, 1.54) is 0 Å². The van der Waals surface area contributed by atoms with Gasteiger partial charge in [0.05, 0.1) is 6.54 Å². The van der Waals surface area contributed by atoms with Gasteiger partial charge in [0.1, 0.15) is 0 Å². The van der Waals surface area contributed by atoms with E-state index >= 15 is 0 Å². The molecule has 1 aromatic carbocycles. The molecule has 1 rings (SSSR count). The maximum Gasteiger partial charge on any atom is 0.236 e. The second kappa shape index (κ2) is 5.21. The van der Waals surface area contributed by atoms with E-state index in [4.69, 9.17) is 28.7 Å². The average molecular weight is 226 g/mol. The second-order valence-corrected chi connectivity index (χ2v) is 3.27. The van der Waals surface area contributed by atoms with Crippen molar-refractivity contribution in [3.8, 4) is 0 Å². The Balaban J connectivity index is 2.60. The van der Waals surface area contributed by atoms with Crippen molar-refractivity contribution >= 4 is 23.7 Å². The topological polar surface area (TPSA) is 91.5 Å². The third-order valence-corrected chi connectivity index (χ3v) is 1.91. The number of nitrogens with two attached hydrogens (primary N) is 2. The molecule has 0 unspecified atom stereocenters. The maximum absolute atomic E-state index is 7.42. The molecule has 0 saturated heterocycles. The lowest BCUT2D eigenvalue weighted by molar-refractivity contribution is 0.640. The molecule has 6 heteroatoms. The number of halogens is 1. The molecule has 0 amide bonds. The molecule has 0 fully saturated rings. The molecule has 0 saturated carbocycles. The van der Waals surface area contributed by atoms with E-state index in [1.807, 2.05) is 30.3 Å². The molecule has 1 aromatic rings. The lowest BCUT2D eigenvalue weighted by atomic mass is 10.2. The van der Waals surface area contributed by atoms with Crippen LogP contribution in [-0.4, -0.2) is 16.3 Å². The molecule has 0 spiro atoms. The van der Waals surface area contributed by atoms with Gasteiger partial charge in [0.2, 0.25) is 5.96 Å². The van der Waals surface area contributed by atoms with E-state index in [1.54, 1.807) is 0 Å². The number of benzene rings is 1. The Morgan fingerprint density at radius 2 is 1.93 bits per heavy atom. The van der Waals surface area contributed by atoms with Gasteiger partial charge in [0.25, 0.3) is 0 Å². The highest BCUT2D eigenvalue weighted by atomic mass is 35.5. The fourth-order valence-electron chi connectivity index (χ4n) is 0.995. The van der Waals surface area contributed by atoms with Crippen LogP contribution in [0.15, 0.2) is 35.3 Å². The molecule has 5 nitrogen and oxygen atoms in total. The fourth-order valence-corrected chi connectivity index (χ4v) is 1.17. The van der Waals surface area contributed by atoms with Gasteiger partial charge in [-0.2, -0.15) is 4.99 Å². The number of aliphatic imine (C=N–C) groups is 1. The molecular weight excluding hydrogens is 214 g/mol. The monoisotopic (exact) mass is 225 g/mol. The Morgan fingerprint density at radius 3 is 2.47 bits per heavy atom. The van der Waals surface area contributed by atoms with Crippen molar-refractivity contribution in [3.63, 3.8) is 0 Å². The number of nitrogens with one attached hydrogen (secondary N) is 1. The lowest BCUT2D eigenvalue weighted by Crippen LogP contribution is -2.28. The molecular formula is C9H12ClN5. The number of hydrogen-bond donors (Lipinski definition) is 3. The highest BCUT2D eigenvalue weighted by molar-refractivity contribution is 6.22. The first-order chi connectivity index (χ1) is 7.09. The van der Waals surface area contributed by atoms with Crippen LogP contribution in [0.2, 0.25) is 0 Å². The number of guanidine groups is 2. The van der Waals surface area contributed by atoms with E-state index < -0.39 is 0 Å². The SMILES string of the molecule is N=C(N=C(N)N)N(Cl)Cc1ccccc1. The van der Waals surface area contributed by atoms with Gasteiger partial charge >= 0.3 is 0 Å². The van der Waals surface area contributed by atoms with Gasteiger partial charge in [-0.3, -0.25) is 5.41 Å². The van der Waals surface area contributed by atoms with Crippen LogP contribution in [0.1, 0.15) is 5.56 Å². The Hall–Kier alpha value is -1.75. The summed E-state index contributed by atoms with van der Waals surface area (Å²) in [6.07, 6.45) is 0. The van der Waals surface area contributed by atoms with Crippen molar-refractivity contribution in [3.05, 3.63) is 35.9 Å². The average Bonchev–Trinajstić information content (AvgIpc) is 2.18. The van der Waals surface area contributed by atoms with Gasteiger partial charge in [-0.1, -0.05) is 30.3 Å². The van der Waals surface area contributed by atoms with Crippen LogP contribution in [0.3, 0.4) is 0 Å². The van der Waals surface area contributed by atoms with Crippen molar-refractivity contribution in [2.24, 2.45) is 16.5 Å². The van der Waals surface area contributed by atoms with Gasteiger partial charge < -0.3 is 11.5 Å². The van der Waals surface area contributed by atoms with E-state index in [0.717, 1.165) is 9.98 Å². The summed E-state index contributed by atoms with van der Waals surface area (Å²) in [7, 11) is 0. The van der Waals surface area contributed by atoms with Crippen molar-refractivity contribution in [2.75, 3.05) is 0 Å². The van der Waals surface area contributed by atoms with Crippen molar-refractivity contribution in [1.82, 2.24) is 4.42 Å². The smallest absolute Gasteiger partial charge is 0.236 e. The van der Waals surface area contributed by atoms with E-state index in [0.29, 0.717) is 6.54 Å². The van der Waals surface area contributed by atoms with Crippen LogP contribution < -0.4 is 11.5 Å². The molecule has 0 aromatic heterocycles. The summed E-state index contributed by atoms with van der Waals surface area (Å²) in [5.41, 5.74) is 11.2. The minimum Gasteiger partial charge on any atom is -0.370 e. The summed E-state index contributed by atoms with van der Waals surface area (Å²) in [6, 6.07) is 9.49. The predicted molar refractivity (Wildman–Crippen MR) is 61.4 cm³/mol. The third-order valence-electron chi connectivity index (χ3n) is 1.63. The molecule has 0 bridgehead atoms. The van der Waals surface area contributed by atoms with Gasteiger partial charge in [-0.05, 0) is 5.56 Å². The molecule has 15 heavy (non-hydrogen) atoms. The Bertz CT molecular complexity index is 358. The molecule has 0 aliphatic carbocycles. The molecule has 0 atom stereocenters. The fraction of sp³-hybridized carbons (Fsp3) is 0.111. The van der Waals surface area contributed by atoms with Crippen LogP contribution in [0.25, 0.3) is 0 Å². The lowest BCUT2D eigenvalue weighted by Gasteiger charge is -2.13. The van der Waals surface area contributed by atoms with Crippen LogP contribution in [-0.2, 0) is 6.54 Å². The maximum atomic E-state index is 7.42. The largest absolute Gasteiger partial charge is 0.370 e. The molecule has 5 N–H and O–H groups in total. The van der Waals surface area contributed by atoms with Gasteiger partial charge in [-0.25, -0.2) is 4.42 Å². The van der Waals surface area contributed by atoms with Gasteiger partial charge in [-0.15, -0.1) is 0 Å². The zero-order chi connectivity index (χ0) is 11.3. The second-order valence-electron chi connectivity index (χ2n) is 2.87. The number of rotatable bonds is 2. The van der Waals surface area contributed by atoms with Crippen LogP contribution in [0.4, 0.5) is 0 Å². The predicted octanol–water partition coefficient (Wildman–Crippen LogP) is 0.851. The Kier molecular flexibility index (Phi) is 3.93. The molecule has 0 radical (unpaired) electrons. The summed E-state index contributed by atoms with van der Waals surface area (Å²) in [4.78, 5) is 3.52. The molecule has 0 aliphatic rings. The van der Waals surface area contributed by atoms with Crippen molar-refractivity contribution in [1.29, 1.82) is 5.41 Å². The summed E-state index contributed by atoms with van der Waals surface area (Å²) >= 11 is 5.80. The van der Waals surface area contributed by atoms with Gasteiger partial charge in [0, 0.05) is 11.8 Å². The summed E-state index contributed by atoms with van der Waals surface area (Å²) in [6.45, 7) is 0.373. The highest BCUT2D eigenvalue weighted by Gasteiger charge is 2.06. The Labute approximate surface area is 93.0 Å². The van der Waals surface area contributed by atoms with Crippen molar-refractivity contribution < 1.29 is 0 Å². The first-order valence-electron chi connectivity index (χ1n) is 4.25. The first-order valence-corrected chi connectivity index (χ1v) is 4.59. The highest BCUT2D eigenvalue weighted by Crippen LogP contribution is 2.07. The molecule has 0 aliphatic heterocycles. The summed E-state index contributed by atoms with van der Waals surface area (Å²) in [5.74, 6) is -0.362. The zero-order valence-corrected chi connectivity index (χ0v) is 8.78. The first kappa shape index (κ1) is 11.3. The zero-order valence-electron chi connectivity index (χ0n) is 8.02. The van der Waals surface area contributed by atoms with E-state index in [2.05, 4.69) is 4.99 Å². The minimum atomic E-state index is -0.182. The molecule has 0 heterocycles. The van der Waals surface area contributed by atoms with Gasteiger partial charge in [0.15, 0.2) is 5.96 Å². The Morgan fingerprint density at radius 1 is 1.33 bits per heavy atom. The van der Waals surface area contributed by atoms with Crippen LogP contribution >= 0.6 is 11.8 Å². The van der Waals surface area contributed by atoms with Crippen LogP contribution in [0.5, 0.6) is 0 Å². The van der Waals surface area contributed by atoms with E-state index in [-0.39, 0.29) is 11.9 Å².